The number of nitrogens with two attached hydrogens (primary N) is 2. The summed E-state index contributed by atoms with van der Waals surface area (Å²) in [5, 5.41) is 3.69. The van der Waals surface area contributed by atoms with Gasteiger partial charge in [0.2, 0.25) is 17.7 Å². The Morgan fingerprint density at radius 3 is 2.21 bits per heavy atom. The van der Waals surface area contributed by atoms with E-state index in [-0.39, 0.29) is 30.9 Å². The summed E-state index contributed by atoms with van der Waals surface area (Å²) in [5.74, 6) is -2.09. The molecule has 0 radical (unpaired) electrons. The molecule has 39 heavy (non-hydrogen) atoms. The van der Waals surface area contributed by atoms with Gasteiger partial charge < -0.3 is 16.4 Å². The van der Waals surface area contributed by atoms with Gasteiger partial charge in [-0.15, -0.1) is 0 Å². The van der Waals surface area contributed by atoms with Crippen LogP contribution in [0.2, 0.25) is 0 Å². The summed E-state index contributed by atoms with van der Waals surface area (Å²) in [7, 11) is 0. The maximum Gasteiger partial charge on any atom is 0.298 e. The van der Waals surface area contributed by atoms with Crippen LogP contribution in [0.25, 0.3) is 0 Å². The number of nitrogens with one attached hydrogen (secondary N) is 1. The Balaban J connectivity index is 1.98. The van der Waals surface area contributed by atoms with Gasteiger partial charge in [-0.1, -0.05) is 65.3 Å². The number of nitrogens with zero attached hydrogens (tertiary/aromatic N) is 4. The average Bonchev–Trinajstić information content (AvgIpc) is 2.92. The van der Waals surface area contributed by atoms with Gasteiger partial charge in [0.25, 0.3) is 5.91 Å². The maximum absolute atomic E-state index is 14.1. The summed E-state index contributed by atoms with van der Waals surface area (Å²) < 4.78 is 1.50. The molecule has 1 saturated carbocycles. The molecule has 1 aromatic heterocycles. The van der Waals surface area contributed by atoms with Gasteiger partial charge in [0.1, 0.15) is 12.6 Å². The van der Waals surface area contributed by atoms with E-state index in [9.17, 15) is 19.2 Å². The Kier molecular flexibility index (Phi) is 10.5. The lowest BCUT2D eigenvalue weighted by molar-refractivity contribution is -0.685. The van der Waals surface area contributed by atoms with E-state index in [1.165, 1.54) is 16.6 Å². The summed E-state index contributed by atoms with van der Waals surface area (Å²) in [6.07, 6.45) is 7.90. The predicted molar refractivity (Wildman–Crippen MR) is 146 cm³/mol. The lowest BCUT2D eigenvalue weighted by Crippen LogP contribution is -2.69. The van der Waals surface area contributed by atoms with Gasteiger partial charge in [-0.25, -0.2) is 4.99 Å². The third kappa shape index (κ3) is 8.36. The van der Waals surface area contributed by atoms with Crippen molar-refractivity contribution < 1.29 is 23.9 Å². The van der Waals surface area contributed by atoms with E-state index in [2.05, 4.69) is 10.3 Å². The number of pyridine rings is 1. The molecule has 0 unspecified atom stereocenters. The highest BCUT2D eigenvalue weighted by atomic mass is 16.2. The van der Waals surface area contributed by atoms with Gasteiger partial charge in [0.05, 0.1) is 0 Å². The molecular formula is C28H38N7O4+. The molecule has 0 aliphatic heterocycles. The maximum atomic E-state index is 14.1. The van der Waals surface area contributed by atoms with Crippen LogP contribution in [0, 0.1) is 0 Å². The van der Waals surface area contributed by atoms with Crippen molar-refractivity contribution >= 4 is 29.6 Å². The van der Waals surface area contributed by atoms with E-state index in [0.717, 1.165) is 37.7 Å². The second-order valence-corrected chi connectivity index (χ2v) is 9.73. The van der Waals surface area contributed by atoms with Crippen molar-refractivity contribution in [2.24, 2.45) is 16.5 Å². The number of hydrogen-bond acceptors (Lipinski definition) is 5. The molecule has 0 bridgehead atoms. The van der Waals surface area contributed by atoms with Gasteiger partial charge >= 0.3 is 0 Å². The fraction of sp³-hybridized carbons (Fsp3) is 0.429. The third-order valence-electron chi connectivity index (χ3n) is 6.74. The van der Waals surface area contributed by atoms with Gasteiger partial charge in [-0.3, -0.25) is 24.5 Å². The smallest absolute Gasteiger partial charge is 0.298 e. The quantitative estimate of drug-likeness (QED) is 0.230. The second-order valence-electron chi connectivity index (χ2n) is 9.73. The molecule has 0 spiro atoms. The fourth-order valence-electron chi connectivity index (χ4n) is 4.79. The molecule has 1 heterocycles. The molecule has 2 aromatic rings. The highest BCUT2D eigenvalue weighted by Gasteiger charge is 2.38. The van der Waals surface area contributed by atoms with Crippen LogP contribution < -0.4 is 26.5 Å². The summed E-state index contributed by atoms with van der Waals surface area (Å²) in [6.45, 7) is 2.58. The molecule has 1 fully saturated rings. The predicted octanol–water partition coefficient (Wildman–Crippen LogP) is 0.536. The number of aliphatic imine (C=N–C) groups is 1. The highest BCUT2D eigenvalue weighted by Crippen LogP contribution is 2.24. The Labute approximate surface area is 228 Å². The number of carbonyl (C=O) groups excluding carboxylic acids is 4. The zero-order chi connectivity index (χ0) is 28.4. The molecule has 1 aliphatic rings. The topological polar surface area (TPSA) is 155 Å². The zero-order valence-corrected chi connectivity index (χ0v) is 22.5. The number of guanidine groups is 1. The number of amides is 4. The first-order chi connectivity index (χ1) is 18.7. The molecule has 3 rings (SSSR count). The molecule has 1 aromatic carbocycles. The van der Waals surface area contributed by atoms with Gasteiger partial charge in [0, 0.05) is 31.5 Å². The van der Waals surface area contributed by atoms with Gasteiger partial charge in [0.15, 0.2) is 24.4 Å². The van der Waals surface area contributed by atoms with Gasteiger partial charge in [-0.05, 0) is 25.3 Å². The SMILES string of the molecule is CC(=O)NC(N)=N[C@@H](Cc1ccccc1)C(=O)N(CC(=O)N([C@@H](C)C(N)=O)[n+]1ccccc1)C1CCCCC1. The molecule has 5 N–H and O–H groups in total. The molecule has 0 saturated heterocycles. The first-order valence-electron chi connectivity index (χ1n) is 13.2. The van der Waals surface area contributed by atoms with Crippen molar-refractivity contribution in [1.29, 1.82) is 0 Å². The van der Waals surface area contributed by atoms with Crippen molar-refractivity contribution in [1.82, 2.24) is 10.2 Å². The van der Waals surface area contributed by atoms with Crippen LogP contribution in [0.15, 0.2) is 65.9 Å². The monoisotopic (exact) mass is 536 g/mol. The number of hydrogen-bond donors (Lipinski definition) is 3. The van der Waals surface area contributed by atoms with Crippen molar-refractivity contribution in [2.45, 2.75) is 70.5 Å². The lowest BCUT2D eigenvalue weighted by atomic mass is 9.93. The van der Waals surface area contributed by atoms with Crippen LogP contribution in [0.5, 0.6) is 0 Å². The number of carbonyl (C=O) groups is 4. The molecule has 11 heteroatoms. The molecule has 2 atom stereocenters. The third-order valence-corrected chi connectivity index (χ3v) is 6.74. The minimum absolute atomic E-state index is 0.171. The summed E-state index contributed by atoms with van der Waals surface area (Å²) in [5.41, 5.74) is 12.4. The van der Waals surface area contributed by atoms with Crippen LogP contribution in [0.3, 0.4) is 0 Å². The molecule has 4 amide bonds. The lowest BCUT2D eigenvalue weighted by Gasteiger charge is -2.36. The molecular weight excluding hydrogens is 498 g/mol. The van der Waals surface area contributed by atoms with E-state index in [1.807, 2.05) is 30.3 Å². The minimum Gasteiger partial charge on any atom is -0.370 e. The largest absolute Gasteiger partial charge is 0.370 e. The number of aromatic nitrogens is 1. The van der Waals surface area contributed by atoms with E-state index in [1.54, 1.807) is 42.4 Å². The Morgan fingerprint density at radius 1 is 1.00 bits per heavy atom. The Morgan fingerprint density at radius 2 is 1.62 bits per heavy atom. The van der Waals surface area contributed by atoms with Crippen LogP contribution in [0.4, 0.5) is 0 Å². The zero-order valence-electron chi connectivity index (χ0n) is 22.5. The number of rotatable bonds is 10. The van der Waals surface area contributed by atoms with Crippen LogP contribution in [-0.4, -0.2) is 59.2 Å². The summed E-state index contributed by atoms with van der Waals surface area (Å²) >= 11 is 0. The van der Waals surface area contributed by atoms with E-state index >= 15 is 0 Å². The highest BCUT2D eigenvalue weighted by molar-refractivity contribution is 5.98. The van der Waals surface area contributed by atoms with Gasteiger partial charge in [-0.2, -0.15) is 0 Å². The van der Waals surface area contributed by atoms with E-state index in [0.29, 0.717) is 0 Å². The summed E-state index contributed by atoms with van der Waals surface area (Å²) in [4.78, 5) is 57.5. The van der Waals surface area contributed by atoms with Crippen molar-refractivity contribution in [2.75, 3.05) is 11.6 Å². The molecule has 208 valence electrons. The fourth-order valence-corrected chi connectivity index (χ4v) is 4.79. The van der Waals surface area contributed by atoms with E-state index < -0.39 is 29.8 Å². The van der Waals surface area contributed by atoms with Crippen molar-refractivity contribution in [3.8, 4) is 0 Å². The summed E-state index contributed by atoms with van der Waals surface area (Å²) in [6, 6.07) is 12.5. The van der Waals surface area contributed by atoms with E-state index in [4.69, 9.17) is 11.5 Å². The standard InChI is InChI=1S/C28H37N7O4/c1-20(26(29)38)35(33-16-10-5-11-17-33)25(37)19-34(23-14-8-4-9-15-23)27(39)24(32-28(30)31-21(2)36)18-22-12-6-3-7-13-22/h3,5-7,10-13,16-17,20,23-24H,4,8-9,14-15,18-19H2,1-2H3,(H4-,29,30,31,32,36,38)/p+1/t20-,24-/m0/s1. The van der Waals surface area contributed by atoms with Crippen LogP contribution >= 0.6 is 0 Å². The van der Waals surface area contributed by atoms with Crippen LogP contribution in [0.1, 0.15) is 51.5 Å². The molecule has 1 aliphatic carbocycles. The Bertz CT molecular complexity index is 1170. The van der Waals surface area contributed by atoms with Crippen molar-refractivity contribution in [3.63, 3.8) is 0 Å². The second kappa shape index (κ2) is 14.0. The first kappa shape index (κ1) is 29.3. The first-order valence-corrected chi connectivity index (χ1v) is 13.2. The minimum atomic E-state index is -0.972. The molecule has 11 nitrogen and oxygen atoms in total. The van der Waals surface area contributed by atoms with Crippen molar-refractivity contribution in [3.05, 3.63) is 66.5 Å². The van der Waals surface area contributed by atoms with Crippen LogP contribution in [-0.2, 0) is 25.6 Å². The number of primary amides is 1. The normalized spacial score (nSPS) is 15.6. The Hall–Kier alpha value is -4.28. The number of benzene rings is 1. The average molecular weight is 537 g/mol.